The van der Waals surface area contributed by atoms with Gasteiger partial charge in [-0.15, -0.1) is 0 Å². The Labute approximate surface area is 191 Å². The molecule has 0 radical (unpaired) electrons. The molecule has 2 unspecified atom stereocenters. The van der Waals surface area contributed by atoms with Crippen LogP contribution in [0.3, 0.4) is 0 Å². The fraction of sp³-hybridized carbons (Fsp3) is 0.320. The Kier molecular flexibility index (Phi) is 7.92. The lowest BCUT2D eigenvalue weighted by Gasteiger charge is -2.38. The second kappa shape index (κ2) is 10.8. The Morgan fingerprint density at radius 3 is 2.24 bits per heavy atom. The van der Waals surface area contributed by atoms with E-state index in [1.807, 2.05) is 50.2 Å². The Morgan fingerprint density at radius 1 is 1.12 bits per heavy atom. The normalized spacial score (nSPS) is 17.9. The molecule has 174 valence electrons. The van der Waals surface area contributed by atoms with Crippen molar-refractivity contribution in [2.75, 3.05) is 6.54 Å². The average Bonchev–Trinajstić information content (AvgIpc) is 3.18. The summed E-state index contributed by atoms with van der Waals surface area (Å²) in [6, 6.07) is 16.0. The summed E-state index contributed by atoms with van der Waals surface area (Å²) in [5.74, 6) is -2.43. The smallest absolute Gasteiger partial charge is 0.279 e. The second-order valence-electron chi connectivity index (χ2n) is 8.35. The largest absolute Gasteiger partial charge is 0.352 e. The van der Waals surface area contributed by atoms with Crippen molar-refractivity contribution in [3.8, 4) is 11.3 Å². The molecule has 1 aliphatic heterocycles. The van der Waals surface area contributed by atoms with Crippen LogP contribution in [0.4, 0.5) is 8.78 Å². The second-order valence-corrected chi connectivity index (χ2v) is 8.35. The van der Waals surface area contributed by atoms with Crippen LogP contribution in [0.15, 0.2) is 65.2 Å². The highest BCUT2D eigenvalue weighted by Gasteiger charge is 2.39. The van der Waals surface area contributed by atoms with Crippen LogP contribution in [-0.2, 0) is 4.79 Å². The van der Waals surface area contributed by atoms with Crippen molar-refractivity contribution in [1.29, 1.82) is 0 Å². The van der Waals surface area contributed by atoms with Gasteiger partial charge in [0.15, 0.2) is 0 Å². The maximum Gasteiger partial charge on any atom is 0.279 e. The van der Waals surface area contributed by atoms with Gasteiger partial charge in [0, 0.05) is 18.2 Å². The first kappa shape index (κ1) is 24.1. The van der Waals surface area contributed by atoms with Crippen molar-refractivity contribution in [2.24, 2.45) is 5.92 Å². The first-order chi connectivity index (χ1) is 15.8. The van der Waals surface area contributed by atoms with E-state index in [1.54, 1.807) is 6.92 Å². The third-order valence-corrected chi connectivity index (χ3v) is 5.10. The van der Waals surface area contributed by atoms with E-state index in [2.05, 4.69) is 10.5 Å². The third-order valence-electron chi connectivity index (χ3n) is 5.10. The van der Waals surface area contributed by atoms with Gasteiger partial charge >= 0.3 is 0 Å². The van der Waals surface area contributed by atoms with Gasteiger partial charge in [0.25, 0.3) is 5.91 Å². The summed E-state index contributed by atoms with van der Waals surface area (Å²) in [5, 5.41) is 6.40. The van der Waals surface area contributed by atoms with Crippen LogP contribution in [0.25, 0.3) is 11.3 Å². The molecule has 1 fully saturated rings. The number of hydrogen-bond donors (Lipinski definition) is 1. The summed E-state index contributed by atoms with van der Waals surface area (Å²) in [6.07, 6.45) is 0.453. The number of halogens is 2. The Bertz CT molecular complexity index is 1040. The Balaban J connectivity index is 0.000000442. The third kappa shape index (κ3) is 6.03. The van der Waals surface area contributed by atoms with Crippen molar-refractivity contribution >= 4 is 11.8 Å². The molecule has 0 bridgehead atoms. The maximum absolute atomic E-state index is 14.8. The van der Waals surface area contributed by atoms with E-state index in [4.69, 9.17) is 4.52 Å². The number of aromatic nitrogens is 1. The zero-order chi connectivity index (χ0) is 24.0. The van der Waals surface area contributed by atoms with E-state index in [9.17, 15) is 18.4 Å². The van der Waals surface area contributed by atoms with Crippen molar-refractivity contribution in [1.82, 2.24) is 15.4 Å². The number of hydrogen-bond acceptors (Lipinski definition) is 4. The minimum atomic E-state index is -0.923. The number of carbonyl (C=O) groups is 2. The molecule has 4 rings (SSSR count). The molecule has 0 aliphatic carbocycles. The first-order valence-electron chi connectivity index (χ1n) is 10.8. The number of rotatable bonds is 4. The lowest BCUT2D eigenvalue weighted by Crippen LogP contribution is -2.61. The molecule has 2 heterocycles. The standard InChI is InChI=1S/C19H21F2N3O3.C6H6/c1-10(2)8-14-18(25)22-11(3)9-24(14)19(26)16-15(21)17(27-23-16)12-4-6-13(20)7-5-12;1-2-4-6-5-3-1/h4-7,10-11,14H,8-9H2,1-3H3,(H,22,25);1-6H. The molecule has 2 atom stereocenters. The number of nitrogens with one attached hydrogen (secondary N) is 1. The van der Waals surface area contributed by atoms with Gasteiger partial charge < -0.3 is 14.7 Å². The molecule has 1 aromatic heterocycles. The molecule has 1 aliphatic rings. The quantitative estimate of drug-likeness (QED) is 0.620. The summed E-state index contributed by atoms with van der Waals surface area (Å²) in [5.41, 5.74) is -0.214. The zero-order valence-electron chi connectivity index (χ0n) is 18.8. The molecule has 1 saturated heterocycles. The Morgan fingerprint density at radius 2 is 1.70 bits per heavy atom. The molecule has 2 amide bonds. The van der Waals surface area contributed by atoms with Gasteiger partial charge in [-0.25, -0.2) is 4.39 Å². The molecule has 2 aromatic carbocycles. The fourth-order valence-corrected chi connectivity index (χ4v) is 3.57. The molecule has 0 spiro atoms. The fourth-order valence-electron chi connectivity index (χ4n) is 3.57. The average molecular weight is 456 g/mol. The van der Waals surface area contributed by atoms with Crippen LogP contribution in [0.5, 0.6) is 0 Å². The van der Waals surface area contributed by atoms with Crippen LogP contribution in [0, 0.1) is 17.6 Å². The van der Waals surface area contributed by atoms with Crippen molar-refractivity contribution < 1.29 is 22.9 Å². The summed E-state index contributed by atoms with van der Waals surface area (Å²) < 4.78 is 32.9. The van der Waals surface area contributed by atoms with Crippen LogP contribution >= 0.6 is 0 Å². The van der Waals surface area contributed by atoms with Gasteiger partial charge in [-0.3, -0.25) is 9.59 Å². The molecule has 8 heteroatoms. The molecular weight excluding hydrogens is 428 g/mol. The van der Waals surface area contributed by atoms with Crippen molar-refractivity contribution in [2.45, 2.75) is 39.3 Å². The lowest BCUT2D eigenvalue weighted by molar-refractivity contribution is -0.129. The van der Waals surface area contributed by atoms with Crippen molar-refractivity contribution in [3.05, 3.63) is 78.0 Å². The lowest BCUT2D eigenvalue weighted by atomic mass is 9.98. The van der Waals surface area contributed by atoms with Gasteiger partial charge in [-0.05, 0) is 43.5 Å². The summed E-state index contributed by atoms with van der Waals surface area (Å²) in [6.45, 7) is 5.90. The summed E-state index contributed by atoms with van der Waals surface area (Å²) >= 11 is 0. The monoisotopic (exact) mass is 455 g/mol. The highest BCUT2D eigenvalue weighted by Crippen LogP contribution is 2.27. The summed E-state index contributed by atoms with van der Waals surface area (Å²) in [7, 11) is 0. The SMILES string of the molecule is CC(C)CC1C(=O)NC(C)CN1C(=O)c1noc(-c2ccc(F)cc2)c1F.c1ccccc1. The molecular formula is C25H27F2N3O3. The minimum absolute atomic E-state index is 0.168. The Hall–Kier alpha value is -3.55. The number of piperazine rings is 1. The van der Waals surface area contributed by atoms with Crippen LogP contribution < -0.4 is 5.32 Å². The van der Waals surface area contributed by atoms with Gasteiger partial charge in [-0.2, -0.15) is 4.39 Å². The van der Waals surface area contributed by atoms with Crippen LogP contribution in [0.1, 0.15) is 37.7 Å². The minimum Gasteiger partial charge on any atom is -0.352 e. The van der Waals surface area contributed by atoms with E-state index in [0.717, 1.165) is 12.1 Å². The molecule has 6 nitrogen and oxygen atoms in total. The highest BCUT2D eigenvalue weighted by atomic mass is 19.1. The van der Waals surface area contributed by atoms with Crippen molar-refractivity contribution in [3.63, 3.8) is 0 Å². The van der Waals surface area contributed by atoms with Crippen LogP contribution in [0.2, 0.25) is 0 Å². The molecule has 3 aromatic rings. The van der Waals surface area contributed by atoms with E-state index < -0.39 is 29.3 Å². The topological polar surface area (TPSA) is 75.4 Å². The van der Waals surface area contributed by atoms with Crippen LogP contribution in [-0.4, -0.2) is 40.5 Å². The van der Waals surface area contributed by atoms with E-state index >= 15 is 0 Å². The van der Waals surface area contributed by atoms with Gasteiger partial charge in [0.2, 0.25) is 23.2 Å². The predicted molar refractivity (Wildman–Crippen MR) is 120 cm³/mol. The molecule has 1 N–H and O–H groups in total. The molecule has 33 heavy (non-hydrogen) atoms. The zero-order valence-corrected chi connectivity index (χ0v) is 18.8. The number of carbonyl (C=O) groups excluding carboxylic acids is 2. The maximum atomic E-state index is 14.8. The van der Waals surface area contributed by atoms with Gasteiger partial charge in [-0.1, -0.05) is 55.4 Å². The van der Waals surface area contributed by atoms with E-state index in [1.165, 1.54) is 17.0 Å². The van der Waals surface area contributed by atoms with Gasteiger partial charge in [0.1, 0.15) is 11.9 Å². The first-order valence-corrected chi connectivity index (χ1v) is 10.8. The number of benzene rings is 2. The predicted octanol–water partition coefficient (Wildman–Crippen LogP) is 4.68. The summed E-state index contributed by atoms with van der Waals surface area (Å²) in [4.78, 5) is 26.6. The highest BCUT2D eigenvalue weighted by molar-refractivity contribution is 5.97. The molecule has 0 saturated carbocycles. The number of amides is 2. The van der Waals surface area contributed by atoms with E-state index in [0.29, 0.717) is 6.42 Å². The van der Waals surface area contributed by atoms with Gasteiger partial charge in [0.05, 0.1) is 0 Å². The number of nitrogens with zero attached hydrogens (tertiary/aromatic N) is 2. The van der Waals surface area contributed by atoms with E-state index in [-0.39, 0.29) is 35.7 Å².